The Hall–Kier alpha value is -4.51. The number of methoxy groups -OCH3 is 3. The van der Waals surface area contributed by atoms with Crippen molar-refractivity contribution in [3.8, 4) is 22.9 Å². The van der Waals surface area contributed by atoms with Crippen LogP contribution in [0.15, 0.2) is 78.0 Å². The fraction of sp³-hybridized carbons (Fsp3) is 0.185. The van der Waals surface area contributed by atoms with E-state index in [0.29, 0.717) is 45.2 Å². The van der Waals surface area contributed by atoms with E-state index < -0.39 is 0 Å². The van der Waals surface area contributed by atoms with Gasteiger partial charge in [-0.25, -0.2) is 0 Å². The van der Waals surface area contributed by atoms with Crippen molar-refractivity contribution < 1.29 is 23.8 Å². The number of hydrogen-bond donors (Lipinski definition) is 2. The van der Waals surface area contributed by atoms with Gasteiger partial charge < -0.3 is 24.8 Å². The van der Waals surface area contributed by atoms with Crippen molar-refractivity contribution in [2.75, 3.05) is 32.4 Å². The molecule has 11 heteroatoms. The molecule has 0 aliphatic rings. The van der Waals surface area contributed by atoms with E-state index in [9.17, 15) is 9.59 Å². The number of carbonyl (C=O) groups is 2. The average molecular weight is 534 g/mol. The Labute approximate surface area is 224 Å². The summed E-state index contributed by atoms with van der Waals surface area (Å²) in [4.78, 5) is 25.5. The number of benzene rings is 3. The third kappa shape index (κ3) is 6.24. The van der Waals surface area contributed by atoms with Gasteiger partial charge in [0.25, 0.3) is 5.91 Å². The minimum atomic E-state index is -0.315. The zero-order valence-electron chi connectivity index (χ0n) is 21.1. The van der Waals surface area contributed by atoms with Gasteiger partial charge in [-0.05, 0) is 48.5 Å². The molecule has 0 bridgehead atoms. The molecule has 38 heavy (non-hydrogen) atoms. The number of anilines is 1. The van der Waals surface area contributed by atoms with Gasteiger partial charge in [0.15, 0.2) is 11.0 Å². The van der Waals surface area contributed by atoms with Crippen LogP contribution < -0.4 is 24.8 Å². The minimum absolute atomic E-state index is 0.0839. The summed E-state index contributed by atoms with van der Waals surface area (Å²) in [5, 5.41) is 14.8. The Kier molecular flexibility index (Phi) is 8.83. The smallest absolute Gasteiger partial charge is 0.255 e. The van der Waals surface area contributed by atoms with E-state index in [-0.39, 0.29) is 24.1 Å². The van der Waals surface area contributed by atoms with Crippen LogP contribution in [0.1, 0.15) is 16.2 Å². The highest BCUT2D eigenvalue weighted by atomic mass is 32.2. The predicted octanol–water partition coefficient (Wildman–Crippen LogP) is 3.95. The molecule has 0 spiro atoms. The Bertz CT molecular complexity index is 1410. The second-order valence-electron chi connectivity index (χ2n) is 7.85. The Morgan fingerprint density at radius 3 is 2.24 bits per heavy atom. The van der Waals surface area contributed by atoms with E-state index in [1.807, 2.05) is 24.3 Å². The van der Waals surface area contributed by atoms with Gasteiger partial charge >= 0.3 is 0 Å². The van der Waals surface area contributed by atoms with Gasteiger partial charge in [0.05, 0.1) is 44.9 Å². The molecule has 1 heterocycles. The lowest BCUT2D eigenvalue weighted by molar-refractivity contribution is -0.113. The van der Waals surface area contributed by atoms with Crippen molar-refractivity contribution in [1.82, 2.24) is 20.1 Å². The van der Waals surface area contributed by atoms with E-state index in [2.05, 4.69) is 20.8 Å². The Balaban J connectivity index is 1.53. The van der Waals surface area contributed by atoms with Crippen molar-refractivity contribution in [2.45, 2.75) is 11.7 Å². The van der Waals surface area contributed by atoms with Gasteiger partial charge in [-0.15, -0.1) is 10.2 Å². The molecule has 196 valence electrons. The summed E-state index contributed by atoms with van der Waals surface area (Å²) in [7, 11) is 4.67. The summed E-state index contributed by atoms with van der Waals surface area (Å²) in [6.07, 6.45) is 0. The van der Waals surface area contributed by atoms with Crippen LogP contribution in [0.4, 0.5) is 5.69 Å². The SMILES string of the molecule is COc1ccc(NC(=O)CSc2nnc(CNC(=O)c3ccccc3OC)n2-c2ccccc2OC)cc1. The lowest BCUT2D eigenvalue weighted by Crippen LogP contribution is -2.25. The molecule has 3 aromatic carbocycles. The minimum Gasteiger partial charge on any atom is -0.497 e. The topological polar surface area (TPSA) is 117 Å². The zero-order chi connectivity index (χ0) is 26.9. The van der Waals surface area contributed by atoms with Crippen molar-refractivity contribution in [3.05, 3.63) is 84.2 Å². The summed E-state index contributed by atoms with van der Waals surface area (Å²) in [6.45, 7) is 0.0839. The molecule has 0 saturated heterocycles. The summed E-state index contributed by atoms with van der Waals surface area (Å²) in [6, 6.07) is 21.4. The molecule has 4 aromatic rings. The number of nitrogens with one attached hydrogen (secondary N) is 2. The third-order valence-corrected chi connectivity index (χ3v) is 6.42. The van der Waals surface area contributed by atoms with Gasteiger partial charge in [0.1, 0.15) is 17.2 Å². The lowest BCUT2D eigenvalue weighted by atomic mass is 10.2. The van der Waals surface area contributed by atoms with Crippen LogP contribution in [0.5, 0.6) is 17.2 Å². The molecular formula is C27H27N5O5S. The first-order chi connectivity index (χ1) is 18.5. The van der Waals surface area contributed by atoms with Gasteiger partial charge in [-0.2, -0.15) is 0 Å². The molecule has 0 aliphatic carbocycles. The number of carbonyl (C=O) groups excluding carboxylic acids is 2. The van der Waals surface area contributed by atoms with E-state index in [1.165, 1.54) is 18.9 Å². The van der Waals surface area contributed by atoms with Crippen molar-refractivity contribution >= 4 is 29.3 Å². The normalized spacial score (nSPS) is 10.5. The second kappa shape index (κ2) is 12.6. The fourth-order valence-electron chi connectivity index (χ4n) is 3.65. The lowest BCUT2D eigenvalue weighted by Gasteiger charge is -2.14. The molecule has 0 unspecified atom stereocenters. The molecule has 2 N–H and O–H groups in total. The highest BCUT2D eigenvalue weighted by Crippen LogP contribution is 2.29. The number of para-hydroxylation sites is 3. The molecule has 2 amide bonds. The molecule has 0 aliphatic heterocycles. The first-order valence-electron chi connectivity index (χ1n) is 11.6. The Morgan fingerprint density at radius 1 is 0.842 bits per heavy atom. The van der Waals surface area contributed by atoms with Crippen molar-refractivity contribution in [1.29, 1.82) is 0 Å². The predicted molar refractivity (Wildman–Crippen MR) is 144 cm³/mol. The van der Waals surface area contributed by atoms with Crippen LogP contribution in [-0.2, 0) is 11.3 Å². The molecule has 4 rings (SSSR count). The van der Waals surface area contributed by atoms with Crippen LogP contribution in [0.2, 0.25) is 0 Å². The summed E-state index contributed by atoms with van der Waals surface area (Å²) in [5.41, 5.74) is 1.74. The fourth-order valence-corrected chi connectivity index (χ4v) is 4.42. The van der Waals surface area contributed by atoms with Crippen molar-refractivity contribution in [3.63, 3.8) is 0 Å². The largest absolute Gasteiger partial charge is 0.497 e. The summed E-state index contributed by atoms with van der Waals surface area (Å²) in [5.74, 6) is 1.80. The molecule has 0 saturated carbocycles. The highest BCUT2D eigenvalue weighted by molar-refractivity contribution is 7.99. The number of nitrogens with zero attached hydrogens (tertiary/aromatic N) is 3. The maximum atomic E-state index is 12.9. The van der Waals surface area contributed by atoms with Gasteiger partial charge in [-0.3, -0.25) is 14.2 Å². The van der Waals surface area contributed by atoms with Crippen LogP contribution >= 0.6 is 11.8 Å². The quantitative estimate of drug-likeness (QED) is 0.279. The average Bonchev–Trinajstić information content (AvgIpc) is 3.37. The van der Waals surface area contributed by atoms with Gasteiger partial charge in [-0.1, -0.05) is 36.0 Å². The third-order valence-electron chi connectivity index (χ3n) is 5.49. The molecule has 1 aromatic heterocycles. The number of thioether (sulfide) groups is 1. The molecule has 0 fully saturated rings. The van der Waals surface area contributed by atoms with Crippen LogP contribution in [0, 0.1) is 0 Å². The number of aromatic nitrogens is 3. The second-order valence-corrected chi connectivity index (χ2v) is 8.80. The molecule has 0 atom stereocenters. The van der Waals surface area contributed by atoms with Crippen LogP contribution in [0.3, 0.4) is 0 Å². The number of hydrogen-bond acceptors (Lipinski definition) is 8. The van der Waals surface area contributed by atoms with E-state index in [4.69, 9.17) is 14.2 Å². The first-order valence-corrected chi connectivity index (χ1v) is 12.6. The number of ether oxygens (including phenoxy) is 3. The van der Waals surface area contributed by atoms with E-state index in [0.717, 1.165) is 0 Å². The Morgan fingerprint density at radius 2 is 1.53 bits per heavy atom. The highest BCUT2D eigenvalue weighted by Gasteiger charge is 2.20. The number of rotatable bonds is 11. The van der Waals surface area contributed by atoms with Crippen LogP contribution in [0.25, 0.3) is 5.69 Å². The maximum Gasteiger partial charge on any atom is 0.255 e. The molecule has 10 nitrogen and oxygen atoms in total. The monoisotopic (exact) mass is 533 g/mol. The molecular weight excluding hydrogens is 506 g/mol. The van der Waals surface area contributed by atoms with E-state index >= 15 is 0 Å². The zero-order valence-corrected chi connectivity index (χ0v) is 22.0. The molecule has 0 radical (unpaired) electrons. The maximum absolute atomic E-state index is 12.9. The summed E-state index contributed by atoms with van der Waals surface area (Å²) < 4.78 is 17.8. The van der Waals surface area contributed by atoms with E-state index in [1.54, 1.807) is 67.3 Å². The summed E-state index contributed by atoms with van der Waals surface area (Å²) >= 11 is 1.22. The van der Waals surface area contributed by atoms with Gasteiger partial charge in [0, 0.05) is 5.69 Å². The van der Waals surface area contributed by atoms with Gasteiger partial charge in [0.2, 0.25) is 5.91 Å². The standard InChI is InChI=1S/C27H27N5O5S/c1-35-19-14-12-18(13-15-19)29-25(33)17-38-27-31-30-24(32(27)21-9-5-7-11-23(21)37-3)16-28-26(34)20-8-4-6-10-22(20)36-2/h4-15H,16-17H2,1-3H3,(H,28,34)(H,29,33). The van der Waals surface area contributed by atoms with Crippen LogP contribution in [-0.4, -0.2) is 53.7 Å². The first kappa shape index (κ1) is 26.6. The van der Waals surface area contributed by atoms with Crippen molar-refractivity contribution in [2.24, 2.45) is 0 Å². The number of amides is 2.